The van der Waals surface area contributed by atoms with Crippen molar-refractivity contribution in [3.8, 4) is 11.5 Å². The van der Waals surface area contributed by atoms with Crippen LogP contribution >= 0.6 is 11.8 Å². The van der Waals surface area contributed by atoms with Crippen molar-refractivity contribution in [2.45, 2.75) is 17.8 Å². The van der Waals surface area contributed by atoms with E-state index in [1.807, 2.05) is 30.3 Å². The smallest absolute Gasteiger partial charge is 0.202 e. The summed E-state index contributed by atoms with van der Waals surface area (Å²) in [6.45, 7) is 2.09. The van der Waals surface area contributed by atoms with E-state index < -0.39 is 0 Å². The highest BCUT2D eigenvalue weighted by molar-refractivity contribution is 7.98. The molecule has 4 aromatic heterocycles. The first-order valence-corrected chi connectivity index (χ1v) is 9.14. The second-order valence-electron chi connectivity index (χ2n) is 5.97. The van der Waals surface area contributed by atoms with Crippen LogP contribution in [0.1, 0.15) is 11.3 Å². The fraction of sp³-hybridized carbons (Fsp3) is 0.105. The van der Waals surface area contributed by atoms with Crippen LogP contribution in [0.15, 0.2) is 68.9 Å². The van der Waals surface area contributed by atoms with Gasteiger partial charge in [0.15, 0.2) is 16.6 Å². The number of furan rings is 1. The van der Waals surface area contributed by atoms with Crippen LogP contribution in [-0.4, -0.2) is 19.8 Å². The Morgan fingerprint density at radius 3 is 2.85 bits per heavy atom. The van der Waals surface area contributed by atoms with Crippen LogP contribution in [0.25, 0.3) is 28.1 Å². The Kier molecular flexibility index (Phi) is 3.53. The molecule has 5 rings (SSSR count). The molecule has 0 unspecified atom stereocenters. The molecule has 5 aromatic rings. The molecule has 128 valence electrons. The van der Waals surface area contributed by atoms with Crippen LogP contribution in [0, 0.1) is 6.92 Å². The van der Waals surface area contributed by atoms with E-state index in [1.54, 1.807) is 18.0 Å². The summed E-state index contributed by atoms with van der Waals surface area (Å²) in [7, 11) is 0. The maximum Gasteiger partial charge on any atom is 0.202 e. The number of rotatable bonds is 4. The van der Waals surface area contributed by atoms with Gasteiger partial charge < -0.3 is 8.94 Å². The van der Waals surface area contributed by atoms with Gasteiger partial charge >= 0.3 is 0 Å². The Hall–Kier alpha value is -3.06. The lowest BCUT2D eigenvalue weighted by Gasteiger charge is -2.06. The molecule has 0 saturated heterocycles. The van der Waals surface area contributed by atoms with Crippen molar-refractivity contribution in [3.63, 3.8) is 0 Å². The molecule has 26 heavy (non-hydrogen) atoms. The summed E-state index contributed by atoms with van der Waals surface area (Å²) < 4.78 is 12.8. The van der Waals surface area contributed by atoms with E-state index in [9.17, 15) is 0 Å². The topological polar surface area (TPSA) is 69.4 Å². The summed E-state index contributed by atoms with van der Waals surface area (Å²) in [6, 6.07) is 15.9. The number of benzene rings is 1. The monoisotopic (exact) mass is 362 g/mol. The minimum absolute atomic E-state index is 0.623. The third kappa shape index (κ3) is 2.48. The quantitative estimate of drug-likeness (QED) is 0.431. The molecule has 0 saturated carbocycles. The molecule has 1 aromatic carbocycles. The average Bonchev–Trinajstić information content (AvgIpc) is 3.40. The summed E-state index contributed by atoms with van der Waals surface area (Å²) >= 11 is 1.58. The van der Waals surface area contributed by atoms with Crippen LogP contribution in [0.4, 0.5) is 0 Å². The first kappa shape index (κ1) is 15.2. The zero-order valence-corrected chi connectivity index (χ0v) is 14.7. The van der Waals surface area contributed by atoms with Gasteiger partial charge in [0.2, 0.25) is 5.76 Å². The predicted octanol–water partition coefficient (Wildman–Crippen LogP) is 4.73. The van der Waals surface area contributed by atoms with Crippen molar-refractivity contribution in [2.75, 3.05) is 0 Å². The molecule has 0 amide bonds. The molecule has 0 aliphatic carbocycles. The maximum absolute atomic E-state index is 5.35. The van der Waals surface area contributed by atoms with E-state index in [1.165, 1.54) is 10.9 Å². The molecule has 7 heteroatoms. The minimum atomic E-state index is 0.623. The molecule has 0 bridgehead atoms. The largest absolute Gasteiger partial charge is 0.461 e. The van der Waals surface area contributed by atoms with Crippen LogP contribution in [0.3, 0.4) is 0 Å². The van der Waals surface area contributed by atoms with E-state index in [2.05, 4.69) is 44.9 Å². The van der Waals surface area contributed by atoms with Gasteiger partial charge in [-0.05, 0) is 36.8 Å². The van der Waals surface area contributed by atoms with Gasteiger partial charge in [-0.25, -0.2) is 0 Å². The second kappa shape index (κ2) is 6.03. The molecule has 0 radical (unpaired) electrons. The van der Waals surface area contributed by atoms with E-state index >= 15 is 0 Å². The van der Waals surface area contributed by atoms with Gasteiger partial charge in [-0.1, -0.05) is 35.1 Å². The number of thioether (sulfide) groups is 1. The SMILES string of the molecule is Cc1cc2nnc(SCc3cc(-c4ccco4)on3)n2c2ccccc12. The Labute approximate surface area is 152 Å². The van der Waals surface area contributed by atoms with Crippen molar-refractivity contribution >= 4 is 28.3 Å². The summed E-state index contributed by atoms with van der Waals surface area (Å²) in [5.74, 6) is 1.92. The predicted molar refractivity (Wildman–Crippen MR) is 99.0 cm³/mol. The van der Waals surface area contributed by atoms with Crippen molar-refractivity contribution < 1.29 is 8.94 Å². The average molecular weight is 362 g/mol. The fourth-order valence-electron chi connectivity index (χ4n) is 3.02. The summed E-state index contributed by atoms with van der Waals surface area (Å²) in [5.41, 5.74) is 3.97. The van der Waals surface area contributed by atoms with Crippen molar-refractivity contribution in [3.05, 3.63) is 66.1 Å². The molecule has 0 atom stereocenters. The third-order valence-electron chi connectivity index (χ3n) is 4.25. The van der Waals surface area contributed by atoms with Crippen LogP contribution in [-0.2, 0) is 5.75 Å². The number of fused-ring (bicyclic) bond motifs is 3. The molecule has 0 aliphatic rings. The Morgan fingerprint density at radius 1 is 1.04 bits per heavy atom. The lowest BCUT2D eigenvalue weighted by Crippen LogP contribution is -1.93. The standard InChI is InChI=1S/C19H14N4O2S/c1-12-9-18-20-21-19(23(18)15-6-3-2-5-14(12)15)26-11-13-10-17(25-22-13)16-7-4-8-24-16/h2-10H,11H2,1H3. The zero-order chi connectivity index (χ0) is 17.5. The summed E-state index contributed by atoms with van der Waals surface area (Å²) in [5, 5.41) is 14.8. The van der Waals surface area contributed by atoms with Gasteiger partial charge in [0, 0.05) is 17.2 Å². The van der Waals surface area contributed by atoms with Gasteiger partial charge in [-0.2, -0.15) is 0 Å². The van der Waals surface area contributed by atoms with Crippen LogP contribution < -0.4 is 0 Å². The molecule has 0 fully saturated rings. The van der Waals surface area contributed by atoms with Gasteiger partial charge in [0.1, 0.15) is 0 Å². The molecule has 0 aliphatic heterocycles. The Balaban J connectivity index is 1.48. The number of nitrogens with zero attached hydrogens (tertiary/aromatic N) is 4. The lowest BCUT2D eigenvalue weighted by molar-refractivity contribution is 0.413. The lowest BCUT2D eigenvalue weighted by atomic mass is 10.1. The highest BCUT2D eigenvalue weighted by atomic mass is 32.2. The molecule has 0 spiro atoms. The first-order valence-electron chi connectivity index (χ1n) is 8.15. The van der Waals surface area contributed by atoms with Gasteiger partial charge in [-0.3, -0.25) is 4.40 Å². The highest BCUT2D eigenvalue weighted by Crippen LogP contribution is 2.28. The molecule has 4 heterocycles. The van der Waals surface area contributed by atoms with Gasteiger partial charge in [-0.15, -0.1) is 10.2 Å². The van der Waals surface area contributed by atoms with Gasteiger partial charge in [0.05, 0.1) is 17.5 Å². The van der Waals surface area contributed by atoms with Crippen LogP contribution in [0.2, 0.25) is 0 Å². The first-order chi connectivity index (χ1) is 12.8. The highest BCUT2D eigenvalue weighted by Gasteiger charge is 2.14. The normalized spacial score (nSPS) is 11.6. The maximum atomic E-state index is 5.35. The zero-order valence-electron chi connectivity index (χ0n) is 13.9. The van der Waals surface area contributed by atoms with Crippen molar-refractivity contribution in [1.29, 1.82) is 0 Å². The second-order valence-corrected chi connectivity index (χ2v) is 6.91. The van der Waals surface area contributed by atoms with E-state index in [0.717, 1.165) is 22.0 Å². The van der Waals surface area contributed by atoms with Crippen molar-refractivity contribution in [2.24, 2.45) is 0 Å². The molecule has 6 nitrogen and oxygen atoms in total. The number of aryl methyl sites for hydroxylation is 1. The molecular weight excluding hydrogens is 348 g/mol. The van der Waals surface area contributed by atoms with E-state index in [0.29, 0.717) is 17.3 Å². The third-order valence-corrected chi connectivity index (χ3v) is 5.21. The Bertz CT molecular complexity index is 1210. The molecule has 0 N–H and O–H groups in total. The summed E-state index contributed by atoms with van der Waals surface area (Å²) in [4.78, 5) is 0. The number of pyridine rings is 1. The van der Waals surface area contributed by atoms with E-state index in [-0.39, 0.29) is 0 Å². The fourth-order valence-corrected chi connectivity index (χ4v) is 3.85. The Morgan fingerprint density at radius 2 is 1.96 bits per heavy atom. The number of hydrogen-bond donors (Lipinski definition) is 0. The minimum Gasteiger partial charge on any atom is -0.461 e. The van der Waals surface area contributed by atoms with Gasteiger partial charge in [0.25, 0.3) is 0 Å². The van der Waals surface area contributed by atoms with Crippen molar-refractivity contribution in [1.82, 2.24) is 19.8 Å². The number of para-hydroxylation sites is 1. The number of aromatic nitrogens is 4. The summed E-state index contributed by atoms with van der Waals surface area (Å²) in [6.07, 6.45) is 1.61. The number of hydrogen-bond acceptors (Lipinski definition) is 6. The van der Waals surface area contributed by atoms with E-state index in [4.69, 9.17) is 8.94 Å². The molecular formula is C19H14N4O2S. The van der Waals surface area contributed by atoms with Crippen LogP contribution in [0.5, 0.6) is 0 Å².